The van der Waals surface area contributed by atoms with Crippen LogP contribution in [0.25, 0.3) is 0 Å². The molecule has 1 aliphatic heterocycles. The lowest BCUT2D eigenvalue weighted by Crippen LogP contribution is -2.49. The van der Waals surface area contributed by atoms with Crippen LogP contribution in [0.4, 0.5) is 16.2 Å². The average molecular weight is 356 g/mol. The molecule has 1 aliphatic rings. The Labute approximate surface area is 146 Å². The molecule has 1 fully saturated rings. The Morgan fingerprint density at radius 1 is 1.46 bits per heavy atom. The van der Waals surface area contributed by atoms with Gasteiger partial charge < -0.3 is 15.0 Å². The number of carbonyl (C=O) groups is 1. The molecule has 0 aromatic heterocycles. The van der Waals surface area contributed by atoms with Gasteiger partial charge in [-0.25, -0.2) is 4.79 Å². The number of nitro groups is 1. The van der Waals surface area contributed by atoms with Gasteiger partial charge in [0.05, 0.1) is 4.92 Å². The average Bonchev–Trinajstić information content (AvgIpc) is 2.45. The highest BCUT2D eigenvalue weighted by Gasteiger charge is 2.27. The second-order valence-corrected chi connectivity index (χ2v) is 7.26. The highest BCUT2D eigenvalue weighted by atomic mass is 35.5. The predicted octanol–water partition coefficient (Wildman–Crippen LogP) is 3.74. The van der Waals surface area contributed by atoms with E-state index in [-0.39, 0.29) is 11.7 Å². The number of nitrogens with zero attached hydrogens (tertiary/aromatic N) is 2. The second kappa shape index (κ2) is 7.25. The van der Waals surface area contributed by atoms with E-state index in [1.807, 2.05) is 4.90 Å². The zero-order chi connectivity index (χ0) is 17.9. The van der Waals surface area contributed by atoms with Crippen LogP contribution < -0.4 is 10.2 Å². The van der Waals surface area contributed by atoms with Crippen molar-refractivity contribution >= 4 is 29.1 Å². The van der Waals surface area contributed by atoms with Crippen LogP contribution in [0.3, 0.4) is 0 Å². The molecule has 1 atom stereocenters. The number of hydrogen-bond acceptors (Lipinski definition) is 5. The van der Waals surface area contributed by atoms with Crippen LogP contribution in [0.15, 0.2) is 18.2 Å². The number of alkyl carbamates (subject to hydrolysis) is 1. The summed E-state index contributed by atoms with van der Waals surface area (Å²) in [5, 5.41) is 14.4. The number of benzene rings is 1. The van der Waals surface area contributed by atoms with Crippen LogP contribution in [0.1, 0.15) is 33.6 Å². The summed E-state index contributed by atoms with van der Waals surface area (Å²) in [4.78, 5) is 24.6. The number of rotatable bonds is 3. The van der Waals surface area contributed by atoms with Crippen molar-refractivity contribution in [3.63, 3.8) is 0 Å². The van der Waals surface area contributed by atoms with Gasteiger partial charge in [-0.2, -0.15) is 0 Å². The largest absolute Gasteiger partial charge is 0.444 e. The summed E-state index contributed by atoms with van der Waals surface area (Å²) >= 11 is 5.86. The zero-order valence-electron chi connectivity index (χ0n) is 14.0. The van der Waals surface area contributed by atoms with Gasteiger partial charge >= 0.3 is 6.09 Å². The molecule has 1 amide bonds. The van der Waals surface area contributed by atoms with Gasteiger partial charge in [0.2, 0.25) is 0 Å². The molecule has 1 heterocycles. The van der Waals surface area contributed by atoms with Crippen molar-refractivity contribution in [3.05, 3.63) is 33.3 Å². The number of anilines is 1. The Kier molecular flexibility index (Phi) is 5.54. The predicted molar refractivity (Wildman–Crippen MR) is 92.7 cm³/mol. The Hall–Kier alpha value is -2.02. The third-order valence-electron chi connectivity index (χ3n) is 3.62. The number of amides is 1. The lowest BCUT2D eigenvalue weighted by Gasteiger charge is -2.34. The van der Waals surface area contributed by atoms with E-state index >= 15 is 0 Å². The molecule has 0 radical (unpaired) electrons. The summed E-state index contributed by atoms with van der Waals surface area (Å²) in [5.41, 5.74) is -0.0755. The smallest absolute Gasteiger partial charge is 0.407 e. The number of piperidine rings is 1. The normalized spacial score (nSPS) is 18.2. The van der Waals surface area contributed by atoms with E-state index in [0.29, 0.717) is 23.8 Å². The van der Waals surface area contributed by atoms with E-state index in [9.17, 15) is 14.9 Å². The van der Waals surface area contributed by atoms with E-state index < -0.39 is 16.6 Å². The third kappa shape index (κ3) is 4.99. The van der Waals surface area contributed by atoms with Gasteiger partial charge in [0.1, 0.15) is 11.3 Å². The molecule has 7 nitrogen and oxygen atoms in total. The third-order valence-corrected chi connectivity index (χ3v) is 3.85. The van der Waals surface area contributed by atoms with Crippen LogP contribution in [0.5, 0.6) is 0 Å². The van der Waals surface area contributed by atoms with Crippen LogP contribution >= 0.6 is 11.6 Å². The van der Waals surface area contributed by atoms with Crippen molar-refractivity contribution in [2.75, 3.05) is 18.0 Å². The van der Waals surface area contributed by atoms with Crippen LogP contribution in [-0.2, 0) is 4.74 Å². The van der Waals surface area contributed by atoms with Crippen molar-refractivity contribution in [2.24, 2.45) is 0 Å². The van der Waals surface area contributed by atoms with Crippen molar-refractivity contribution in [1.82, 2.24) is 5.32 Å². The number of halogens is 1. The molecule has 2 rings (SSSR count). The summed E-state index contributed by atoms with van der Waals surface area (Å²) in [5.74, 6) is 0. The minimum absolute atomic E-state index is 0.0274. The molecule has 1 saturated heterocycles. The molecule has 0 spiro atoms. The van der Waals surface area contributed by atoms with Gasteiger partial charge in [-0.1, -0.05) is 11.6 Å². The Morgan fingerprint density at radius 3 is 2.79 bits per heavy atom. The van der Waals surface area contributed by atoms with Gasteiger partial charge in [0, 0.05) is 30.2 Å². The molecule has 24 heavy (non-hydrogen) atoms. The number of ether oxygens (including phenoxy) is 1. The van der Waals surface area contributed by atoms with E-state index in [1.165, 1.54) is 6.07 Å². The number of hydrogen-bond donors (Lipinski definition) is 1. The Balaban J connectivity index is 2.08. The molecule has 0 bridgehead atoms. The summed E-state index contributed by atoms with van der Waals surface area (Å²) in [6, 6.07) is 4.51. The van der Waals surface area contributed by atoms with Crippen molar-refractivity contribution in [1.29, 1.82) is 0 Å². The van der Waals surface area contributed by atoms with E-state index in [0.717, 1.165) is 12.8 Å². The van der Waals surface area contributed by atoms with E-state index in [1.54, 1.807) is 32.9 Å². The summed E-state index contributed by atoms with van der Waals surface area (Å²) < 4.78 is 5.26. The molecule has 8 heteroatoms. The number of carbonyl (C=O) groups excluding carboxylic acids is 1. The monoisotopic (exact) mass is 355 g/mol. The standard InChI is InChI=1S/C16H22ClN3O4/c1-16(2,3)24-15(21)18-12-5-4-8-19(10-12)13-7-6-11(17)9-14(13)20(22)23/h6-7,9,12H,4-5,8,10H2,1-3H3,(H,18,21). The van der Waals surface area contributed by atoms with Gasteiger partial charge in [-0.3, -0.25) is 10.1 Å². The minimum Gasteiger partial charge on any atom is -0.444 e. The maximum absolute atomic E-state index is 11.9. The summed E-state index contributed by atoms with van der Waals surface area (Å²) in [6.45, 7) is 6.58. The first-order valence-corrected chi connectivity index (χ1v) is 8.22. The maximum Gasteiger partial charge on any atom is 0.407 e. The second-order valence-electron chi connectivity index (χ2n) is 6.82. The molecule has 1 N–H and O–H groups in total. The fraction of sp³-hybridized carbons (Fsp3) is 0.562. The van der Waals surface area contributed by atoms with Gasteiger partial charge in [-0.05, 0) is 45.7 Å². The summed E-state index contributed by atoms with van der Waals surface area (Å²) in [6.07, 6.45) is 1.15. The molecule has 1 aromatic carbocycles. The molecule has 0 aliphatic carbocycles. The molecule has 1 unspecified atom stereocenters. The highest BCUT2D eigenvalue weighted by molar-refractivity contribution is 6.30. The molecular formula is C16H22ClN3O4. The molecule has 0 saturated carbocycles. The van der Waals surface area contributed by atoms with Crippen molar-refractivity contribution in [2.45, 2.75) is 45.3 Å². The van der Waals surface area contributed by atoms with E-state index in [2.05, 4.69) is 5.32 Å². The lowest BCUT2D eigenvalue weighted by atomic mass is 10.0. The van der Waals surface area contributed by atoms with Crippen LogP contribution in [0.2, 0.25) is 5.02 Å². The number of nitro benzene ring substituents is 1. The quantitative estimate of drug-likeness (QED) is 0.659. The summed E-state index contributed by atoms with van der Waals surface area (Å²) in [7, 11) is 0. The molecular weight excluding hydrogens is 334 g/mol. The maximum atomic E-state index is 11.9. The molecule has 132 valence electrons. The van der Waals surface area contributed by atoms with Gasteiger partial charge in [0.15, 0.2) is 0 Å². The fourth-order valence-corrected chi connectivity index (χ4v) is 2.86. The van der Waals surface area contributed by atoms with Crippen molar-refractivity contribution < 1.29 is 14.5 Å². The van der Waals surface area contributed by atoms with Crippen molar-refractivity contribution in [3.8, 4) is 0 Å². The first kappa shape index (κ1) is 18.3. The zero-order valence-corrected chi connectivity index (χ0v) is 14.8. The topological polar surface area (TPSA) is 84.7 Å². The van der Waals surface area contributed by atoms with Gasteiger partial charge in [-0.15, -0.1) is 0 Å². The van der Waals surface area contributed by atoms with Gasteiger partial charge in [0.25, 0.3) is 5.69 Å². The first-order valence-electron chi connectivity index (χ1n) is 7.84. The first-order chi connectivity index (χ1) is 11.2. The van der Waals surface area contributed by atoms with E-state index in [4.69, 9.17) is 16.3 Å². The fourth-order valence-electron chi connectivity index (χ4n) is 2.70. The Morgan fingerprint density at radius 2 is 2.17 bits per heavy atom. The van der Waals surface area contributed by atoms with Crippen LogP contribution in [-0.4, -0.2) is 35.7 Å². The Bertz CT molecular complexity index is 630. The lowest BCUT2D eigenvalue weighted by molar-refractivity contribution is -0.384. The SMILES string of the molecule is CC(C)(C)OC(=O)NC1CCCN(c2ccc(Cl)cc2[N+](=O)[O-])C1. The van der Waals surface area contributed by atoms with Crippen LogP contribution in [0, 0.1) is 10.1 Å². The highest BCUT2D eigenvalue weighted by Crippen LogP contribution is 2.32. The molecule has 1 aromatic rings. The number of nitrogens with one attached hydrogen (secondary N) is 1. The minimum atomic E-state index is -0.562.